The van der Waals surface area contributed by atoms with Gasteiger partial charge in [0.2, 0.25) is 10.0 Å². The molecule has 0 spiro atoms. The molecule has 0 aliphatic rings. The molecule has 0 bridgehead atoms. The van der Waals surface area contributed by atoms with Crippen LogP contribution in [0.15, 0.2) is 17.0 Å². The van der Waals surface area contributed by atoms with E-state index in [0.717, 1.165) is 6.07 Å². The molecule has 9 heteroatoms. The Labute approximate surface area is 125 Å². The first-order valence-electron chi connectivity index (χ1n) is 5.97. The first-order chi connectivity index (χ1) is 9.54. The third kappa shape index (κ3) is 4.58. The first kappa shape index (κ1) is 17.7. The second-order valence-corrected chi connectivity index (χ2v) is 8.00. The summed E-state index contributed by atoms with van der Waals surface area (Å²) in [5.74, 6) is -1.56. The molecular weight excluding hydrogens is 319 g/mol. The minimum atomic E-state index is -4.26. The zero-order valence-electron chi connectivity index (χ0n) is 11.8. The van der Waals surface area contributed by atoms with Crippen LogP contribution in [0.5, 0.6) is 0 Å². The molecule has 0 saturated heterocycles. The molecule has 6 nitrogen and oxygen atoms in total. The predicted octanol–water partition coefficient (Wildman–Crippen LogP) is 0.278. The van der Waals surface area contributed by atoms with Crippen molar-refractivity contribution in [1.29, 1.82) is 0 Å². The second kappa shape index (κ2) is 6.63. The number of aryl methyl sites for hydroxylation is 1. The number of nitrogens with one attached hydrogen (secondary N) is 1. The number of amides is 1. The van der Waals surface area contributed by atoms with Gasteiger partial charge in [0.15, 0.2) is 0 Å². The number of sulfonamides is 1. The van der Waals surface area contributed by atoms with Crippen LogP contribution in [0.4, 0.5) is 4.39 Å². The Hall–Kier alpha value is -1.32. The minimum Gasteiger partial charge on any atom is -0.351 e. The predicted molar refractivity (Wildman–Crippen MR) is 78.4 cm³/mol. The molecule has 118 valence electrons. The van der Waals surface area contributed by atoms with E-state index in [1.54, 1.807) is 6.92 Å². The van der Waals surface area contributed by atoms with Crippen LogP contribution in [0.2, 0.25) is 0 Å². The SMILES string of the molecule is Cc1cc(C(=O)NCC(C)S(C)=O)cc(S(N)(=O)=O)c1F. The smallest absolute Gasteiger partial charge is 0.251 e. The van der Waals surface area contributed by atoms with Gasteiger partial charge in [0.1, 0.15) is 10.7 Å². The number of primary sulfonamides is 1. The van der Waals surface area contributed by atoms with Gasteiger partial charge in [0.05, 0.1) is 0 Å². The molecule has 1 aromatic carbocycles. The summed E-state index contributed by atoms with van der Waals surface area (Å²) in [4.78, 5) is 11.2. The molecule has 2 unspecified atom stereocenters. The summed E-state index contributed by atoms with van der Waals surface area (Å²) in [5, 5.41) is 7.18. The summed E-state index contributed by atoms with van der Waals surface area (Å²) in [6, 6.07) is 2.12. The maximum atomic E-state index is 13.7. The highest BCUT2D eigenvalue weighted by atomic mass is 32.2. The molecule has 21 heavy (non-hydrogen) atoms. The van der Waals surface area contributed by atoms with E-state index in [1.807, 2.05) is 0 Å². The van der Waals surface area contributed by atoms with Crippen molar-refractivity contribution in [2.45, 2.75) is 24.0 Å². The van der Waals surface area contributed by atoms with Gasteiger partial charge in [0.25, 0.3) is 5.91 Å². The van der Waals surface area contributed by atoms with Crippen LogP contribution in [-0.4, -0.2) is 36.6 Å². The lowest BCUT2D eigenvalue weighted by atomic mass is 10.1. The van der Waals surface area contributed by atoms with Gasteiger partial charge in [-0.3, -0.25) is 9.00 Å². The number of carbonyl (C=O) groups is 1. The van der Waals surface area contributed by atoms with Crippen LogP contribution in [0, 0.1) is 12.7 Å². The Morgan fingerprint density at radius 1 is 1.48 bits per heavy atom. The molecular formula is C12H17FN2O4S2. The van der Waals surface area contributed by atoms with Crippen molar-refractivity contribution < 1.29 is 21.8 Å². The van der Waals surface area contributed by atoms with Gasteiger partial charge >= 0.3 is 0 Å². The fourth-order valence-electron chi connectivity index (χ4n) is 1.53. The Kier molecular flexibility index (Phi) is 5.60. The summed E-state index contributed by atoms with van der Waals surface area (Å²) in [6.45, 7) is 3.19. The number of carbonyl (C=O) groups excluding carboxylic acids is 1. The van der Waals surface area contributed by atoms with Gasteiger partial charge < -0.3 is 5.32 Å². The number of hydrogen-bond donors (Lipinski definition) is 2. The quantitative estimate of drug-likeness (QED) is 0.805. The Balaban J connectivity index is 3.07. The van der Waals surface area contributed by atoms with E-state index in [4.69, 9.17) is 5.14 Å². The van der Waals surface area contributed by atoms with Gasteiger partial charge in [0, 0.05) is 34.4 Å². The van der Waals surface area contributed by atoms with Gasteiger partial charge in [-0.25, -0.2) is 17.9 Å². The first-order valence-corrected chi connectivity index (χ1v) is 9.14. The number of hydrogen-bond acceptors (Lipinski definition) is 4. The third-order valence-electron chi connectivity index (χ3n) is 2.91. The van der Waals surface area contributed by atoms with Crippen molar-refractivity contribution >= 4 is 26.7 Å². The van der Waals surface area contributed by atoms with Crippen molar-refractivity contribution in [2.75, 3.05) is 12.8 Å². The number of rotatable bonds is 5. The lowest BCUT2D eigenvalue weighted by Gasteiger charge is -2.11. The third-order valence-corrected chi connectivity index (χ3v) is 5.12. The summed E-state index contributed by atoms with van der Waals surface area (Å²) < 4.78 is 47.5. The van der Waals surface area contributed by atoms with Gasteiger partial charge in [-0.1, -0.05) is 0 Å². The van der Waals surface area contributed by atoms with Gasteiger partial charge in [-0.05, 0) is 31.5 Å². The Morgan fingerprint density at radius 2 is 2.05 bits per heavy atom. The molecule has 0 radical (unpaired) electrons. The van der Waals surface area contributed by atoms with Crippen LogP contribution < -0.4 is 10.5 Å². The average Bonchev–Trinajstić information content (AvgIpc) is 2.36. The van der Waals surface area contributed by atoms with E-state index in [2.05, 4.69) is 5.32 Å². The lowest BCUT2D eigenvalue weighted by molar-refractivity contribution is 0.0953. The lowest BCUT2D eigenvalue weighted by Crippen LogP contribution is -2.32. The fraction of sp³-hybridized carbons (Fsp3) is 0.417. The summed E-state index contributed by atoms with van der Waals surface area (Å²) in [7, 11) is -5.36. The second-order valence-electron chi connectivity index (χ2n) is 4.67. The fourth-order valence-corrected chi connectivity index (χ4v) is 2.55. The van der Waals surface area contributed by atoms with Gasteiger partial charge in [-0.15, -0.1) is 0 Å². The minimum absolute atomic E-state index is 0.00112. The normalized spacial score (nSPS) is 14.5. The van der Waals surface area contributed by atoms with Crippen molar-refractivity contribution in [3.8, 4) is 0 Å². The number of halogens is 1. The molecule has 1 rings (SSSR count). The molecule has 0 fully saturated rings. The molecule has 0 aliphatic heterocycles. The van der Waals surface area contributed by atoms with E-state index >= 15 is 0 Å². The average molecular weight is 336 g/mol. The van der Waals surface area contributed by atoms with Crippen molar-refractivity contribution in [1.82, 2.24) is 5.32 Å². The number of nitrogens with two attached hydrogens (primary N) is 1. The maximum absolute atomic E-state index is 13.7. The van der Waals surface area contributed by atoms with E-state index < -0.39 is 37.4 Å². The standard InChI is InChI=1S/C12H17FN2O4S2/c1-7-4-9(5-10(11(7)13)21(14,18)19)12(16)15-6-8(2)20(3)17/h4-5,8H,6H2,1-3H3,(H,15,16)(H2,14,18,19). The highest BCUT2D eigenvalue weighted by Gasteiger charge is 2.20. The highest BCUT2D eigenvalue weighted by molar-refractivity contribution is 7.89. The molecule has 3 N–H and O–H groups in total. The van der Waals surface area contributed by atoms with Crippen molar-refractivity contribution in [2.24, 2.45) is 5.14 Å². The van der Waals surface area contributed by atoms with Crippen molar-refractivity contribution in [3.05, 3.63) is 29.1 Å². The number of benzene rings is 1. The summed E-state index contributed by atoms with van der Waals surface area (Å²) >= 11 is 0. The van der Waals surface area contributed by atoms with Crippen LogP contribution in [0.25, 0.3) is 0 Å². The van der Waals surface area contributed by atoms with E-state index in [1.165, 1.54) is 19.2 Å². The zero-order chi connectivity index (χ0) is 16.4. The Bertz CT molecular complexity index is 689. The van der Waals surface area contributed by atoms with Crippen molar-refractivity contribution in [3.63, 3.8) is 0 Å². The Morgan fingerprint density at radius 3 is 2.52 bits per heavy atom. The molecule has 1 amide bonds. The molecule has 0 aliphatic carbocycles. The topological polar surface area (TPSA) is 106 Å². The van der Waals surface area contributed by atoms with Gasteiger partial charge in [-0.2, -0.15) is 0 Å². The monoisotopic (exact) mass is 336 g/mol. The van der Waals surface area contributed by atoms with Crippen LogP contribution in [0.3, 0.4) is 0 Å². The molecule has 0 saturated carbocycles. The van der Waals surface area contributed by atoms with Crippen LogP contribution >= 0.6 is 0 Å². The zero-order valence-corrected chi connectivity index (χ0v) is 13.5. The molecule has 0 aromatic heterocycles. The van der Waals surface area contributed by atoms with E-state index in [0.29, 0.717) is 0 Å². The largest absolute Gasteiger partial charge is 0.351 e. The highest BCUT2D eigenvalue weighted by Crippen LogP contribution is 2.19. The van der Waals surface area contributed by atoms with Crippen LogP contribution in [0.1, 0.15) is 22.8 Å². The van der Waals surface area contributed by atoms with E-state index in [-0.39, 0.29) is 22.9 Å². The molecule has 2 atom stereocenters. The van der Waals surface area contributed by atoms with E-state index in [9.17, 15) is 21.8 Å². The summed E-state index contributed by atoms with van der Waals surface area (Å²) in [6.07, 6.45) is 1.51. The van der Waals surface area contributed by atoms with Crippen LogP contribution in [-0.2, 0) is 20.8 Å². The molecule has 0 heterocycles. The molecule has 1 aromatic rings. The summed E-state index contributed by atoms with van der Waals surface area (Å²) in [5.41, 5.74) is -0.0224. The maximum Gasteiger partial charge on any atom is 0.251 e.